The maximum atomic E-state index is 10.4. The van der Waals surface area contributed by atoms with Crippen molar-refractivity contribution in [1.29, 1.82) is 0 Å². The van der Waals surface area contributed by atoms with Crippen LogP contribution in [-0.2, 0) is 29.1 Å². The van der Waals surface area contributed by atoms with Gasteiger partial charge in [0.05, 0.1) is 0 Å². The SMILES string of the molecule is O=C([O-])C1CCCCC1Br.O=C([O-])C1CCCCC1Br.[Zn+2]. The molecule has 0 saturated heterocycles. The van der Waals surface area contributed by atoms with Crippen molar-refractivity contribution in [2.75, 3.05) is 0 Å². The van der Waals surface area contributed by atoms with Gasteiger partial charge in [-0.15, -0.1) is 0 Å². The summed E-state index contributed by atoms with van der Waals surface area (Å²) in [6.45, 7) is 0. The summed E-state index contributed by atoms with van der Waals surface area (Å²) in [6.07, 6.45) is 7.83. The predicted octanol–water partition coefficient (Wildman–Crippen LogP) is 1.38. The molecule has 0 heterocycles. The zero-order valence-electron chi connectivity index (χ0n) is 12.1. The third kappa shape index (κ3) is 7.56. The van der Waals surface area contributed by atoms with Gasteiger partial charge in [-0.1, -0.05) is 57.5 Å². The second-order valence-electron chi connectivity index (χ2n) is 5.45. The van der Waals surface area contributed by atoms with E-state index in [9.17, 15) is 19.8 Å². The van der Waals surface area contributed by atoms with E-state index in [-0.39, 0.29) is 41.0 Å². The Morgan fingerprint density at radius 3 is 1.19 bits per heavy atom. The molecule has 2 saturated carbocycles. The van der Waals surface area contributed by atoms with E-state index in [2.05, 4.69) is 31.9 Å². The average Bonchev–Trinajstić information content (AvgIpc) is 2.40. The fourth-order valence-electron chi connectivity index (χ4n) is 2.70. The molecule has 0 N–H and O–H groups in total. The van der Waals surface area contributed by atoms with Gasteiger partial charge in [-0.3, -0.25) is 0 Å². The number of carboxylic acids is 2. The fraction of sp³-hybridized carbons (Fsp3) is 0.857. The summed E-state index contributed by atoms with van der Waals surface area (Å²) in [6, 6.07) is 0. The summed E-state index contributed by atoms with van der Waals surface area (Å²) in [5.41, 5.74) is 0. The van der Waals surface area contributed by atoms with Gasteiger partial charge in [-0.25, -0.2) is 0 Å². The second-order valence-corrected chi connectivity index (χ2v) is 7.80. The van der Waals surface area contributed by atoms with Crippen LogP contribution >= 0.6 is 31.9 Å². The van der Waals surface area contributed by atoms with Crippen LogP contribution in [0.3, 0.4) is 0 Å². The van der Waals surface area contributed by atoms with Gasteiger partial charge in [0.15, 0.2) is 0 Å². The van der Waals surface area contributed by atoms with Crippen LogP contribution in [0.2, 0.25) is 0 Å². The number of carboxylic acid groups (broad SMARTS) is 2. The van der Waals surface area contributed by atoms with E-state index in [0.717, 1.165) is 51.4 Å². The maximum Gasteiger partial charge on any atom is 2.00 e. The largest absolute Gasteiger partial charge is 2.00 e. The van der Waals surface area contributed by atoms with Crippen molar-refractivity contribution in [3.05, 3.63) is 0 Å². The van der Waals surface area contributed by atoms with Gasteiger partial charge < -0.3 is 19.8 Å². The summed E-state index contributed by atoms with van der Waals surface area (Å²) in [7, 11) is 0. The Morgan fingerprint density at radius 2 is 1.00 bits per heavy atom. The molecular formula is C14H20Br2O4Zn. The van der Waals surface area contributed by atoms with Crippen LogP contribution in [0.4, 0.5) is 0 Å². The first-order valence-corrected chi connectivity index (χ1v) is 8.96. The van der Waals surface area contributed by atoms with Crippen LogP contribution < -0.4 is 10.2 Å². The smallest absolute Gasteiger partial charge is 0.550 e. The van der Waals surface area contributed by atoms with E-state index in [0.29, 0.717) is 0 Å². The quantitative estimate of drug-likeness (QED) is 0.445. The molecule has 4 atom stereocenters. The van der Waals surface area contributed by atoms with Crippen molar-refractivity contribution < 1.29 is 39.3 Å². The number of aliphatic carboxylic acids is 2. The monoisotopic (exact) mass is 474 g/mol. The third-order valence-electron chi connectivity index (χ3n) is 3.97. The first-order valence-electron chi connectivity index (χ1n) is 7.13. The van der Waals surface area contributed by atoms with Gasteiger partial charge in [0.25, 0.3) is 0 Å². The molecule has 2 rings (SSSR count). The molecule has 7 heteroatoms. The number of halogens is 2. The van der Waals surface area contributed by atoms with Crippen LogP contribution in [0.5, 0.6) is 0 Å². The normalized spacial score (nSPS) is 32.1. The Balaban J connectivity index is 0.000000364. The molecule has 116 valence electrons. The Hall–Kier alpha value is 0.523. The first kappa shape index (κ1) is 21.5. The number of carbonyl (C=O) groups excluding carboxylic acids is 2. The van der Waals surface area contributed by atoms with Crippen molar-refractivity contribution >= 4 is 43.8 Å². The number of hydrogen-bond acceptors (Lipinski definition) is 4. The van der Waals surface area contributed by atoms with Gasteiger partial charge >= 0.3 is 19.5 Å². The number of hydrogen-bond donors (Lipinski definition) is 0. The maximum absolute atomic E-state index is 10.4. The van der Waals surface area contributed by atoms with Crippen molar-refractivity contribution in [3.63, 3.8) is 0 Å². The van der Waals surface area contributed by atoms with E-state index in [1.165, 1.54) is 0 Å². The van der Waals surface area contributed by atoms with Gasteiger partial charge in [-0.05, 0) is 25.7 Å². The van der Waals surface area contributed by atoms with E-state index < -0.39 is 11.9 Å². The molecule has 0 aromatic carbocycles. The molecule has 4 nitrogen and oxygen atoms in total. The van der Waals surface area contributed by atoms with E-state index >= 15 is 0 Å². The van der Waals surface area contributed by atoms with Gasteiger partial charge in [0.1, 0.15) is 0 Å². The zero-order valence-corrected chi connectivity index (χ0v) is 18.2. The predicted molar refractivity (Wildman–Crippen MR) is 79.4 cm³/mol. The average molecular weight is 478 g/mol. The topological polar surface area (TPSA) is 80.3 Å². The standard InChI is InChI=1S/2C7H11BrO2.Zn/c2*8-6-4-2-1-3-5(6)7(9)10;/h2*5-6H,1-4H2,(H,9,10);/q;;+2/p-2. The number of carbonyl (C=O) groups is 2. The first-order chi connectivity index (χ1) is 9.43. The van der Waals surface area contributed by atoms with Crippen LogP contribution in [0.1, 0.15) is 51.4 Å². The number of rotatable bonds is 2. The molecule has 0 bridgehead atoms. The summed E-state index contributed by atoms with van der Waals surface area (Å²) in [5.74, 6) is -2.31. The van der Waals surface area contributed by atoms with Gasteiger partial charge in [0.2, 0.25) is 0 Å². The molecule has 2 fully saturated rings. The van der Waals surface area contributed by atoms with Gasteiger partial charge in [0, 0.05) is 33.4 Å². The van der Waals surface area contributed by atoms with Crippen molar-refractivity contribution in [2.24, 2.45) is 11.8 Å². The molecule has 21 heavy (non-hydrogen) atoms. The van der Waals surface area contributed by atoms with Crippen LogP contribution in [0.25, 0.3) is 0 Å². The molecule has 0 radical (unpaired) electrons. The molecule has 0 spiro atoms. The fourth-order valence-corrected chi connectivity index (χ4v) is 4.31. The minimum atomic E-state index is -0.901. The van der Waals surface area contributed by atoms with Gasteiger partial charge in [-0.2, -0.15) is 0 Å². The van der Waals surface area contributed by atoms with E-state index in [4.69, 9.17) is 0 Å². The molecule has 0 amide bonds. The zero-order chi connectivity index (χ0) is 15.1. The molecule has 0 aliphatic heterocycles. The molecule has 2 aliphatic carbocycles. The minimum Gasteiger partial charge on any atom is -0.550 e. The third-order valence-corrected chi connectivity index (χ3v) is 6.16. The Labute approximate surface area is 155 Å². The second kappa shape index (κ2) is 11.1. The Morgan fingerprint density at radius 1 is 0.714 bits per heavy atom. The summed E-state index contributed by atoms with van der Waals surface area (Å²) < 4.78 is 0. The molecule has 4 unspecified atom stereocenters. The van der Waals surface area contributed by atoms with Crippen LogP contribution in [0.15, 0.2) is 0 Å². The molecular weight excluding hydrogens is 457 g/mol. The Kier molecular flexibility index (Phi) is 11.4. The number of alkyl halides is 2. The van der Waals surface area contributed by atoms with E-state index in [1.54, 1.807) is 0 Å². The van der Waals surface area contributed by atoms with E-state index in [1.807, 2.05) is 0 Å². The molecule has 0 aromatic heterocycles. The summed E-state index contributed by atoms with van der Waals surface area (Å²) >= 11 is 6.67. The molecule has 0 aromatic rings. The molecule has 2 aliphatic rings. The van der Waals surface area contributed by atoms with Crippen molar-refractivity contribution in [2.45, 2.75) is 61.0 Å². The minimum absolute atomic E-state index is 0. The van der Waals surface area contributed by atoms with Crippen LogP contribution in [0, 0.1) is 11.8 Å². The Bertz CT molecular complexity index is 309. The summed E-state index contributed by atoms with van der Waals surface area (Å²) in [5, 5.41) is 20.8. The van der Waals surface area contributed by atoms with Crippen molar-refractivity contribution in [3.8, 4) is 0 Å². The summed E-state index contributed by atoms with van der Waals surface area (Å²) in [4.78, 5) is 21.1. The van der Waals surface area contributed by atoms with Crippen molar-refractivity contribution in [1.82, 2.24) is 0 Å². The van der Waals surface area contributed by atoms with Crippen LogP contribution in [-0.4, -0.2) is 21.6 Å².